The molecule has 1 unspecified atom stereocenters. The molecule has 1 N–H and O–H groups in total. The lowest BCUT2D eigenvalue weighted by Gasteiger charge is -2.26. The van der Waals surface area contributed by atoms with Gasteiger partial charge in [0.15, 0.2) is 0 Å². The van der Waals surface area contributed by atoms with Gasteiger partial charge in [-0.15, -0.1) is 0 Å². The zero-order valence-corrected chi connectivity index (χ0v) is 11.0. The average molecular weight is 295 g/mol. The highest BCUT2D eigenvalue weighted by Crippen LogP contribution is 2.35. The molecule has 110 valence electrons. The van der Waals surface area contributed by atoms with Crippen LogP contribution in [0, 0.1) is 5.82 Å². The molecule has 3 rings (SSSR count). The van der Waals surface area contributed by atoms with E-state index in [1.54, 1.807) is 0 Å². The second-order valence-electron chi connectivity index (χ2n) is 5.18. The van der Waals surface area contributed by atoms with Crippen molar-refractivity contribution >= 4 is 5.69 Å². The standard InChI is InChI=1S/C16H13F4N/c17-14-8-10(5-6-13(14)16(18,19)20)12-7-11-3-1-2-4-15(11)21-9-12/h1-6,8,12,21H,7,9H2. The zero-order chi connectivity index (χ0) is 15.0. The molecule has 0 spiro atoms. The lowest BCUT2D eigenvalue weighted by Crippen LogP contribution is -2.21. The topological polar surface area (TPSA) is 12.0 Å². The first-order valence-corrected chi connectivity index (χ1v) is 6.63. The maximum Gasteiger partial charge on any atom is 0.419 e. The highest BCUT2D eigenvalue weighted by atomic mass is 19.4. The van der Waals surface area contributed by atoms with Crippen molar-refractivity contribution in [3.63, 3.8) is 0 Å². The molecular weight excluding hydrogens is 282 g/mol. The van der Waals surface area contributed by atoms with E-state index in [-0.39, 0.29) is 5.92 Å². The number of benzene rings is 2. The van der Waals surface area contributed by atoms with Gasteiger partial charge in [0.25, 0.3) is 0 Å². The molecule has 1 atom stereocenters. The van der Waals surface area contributed by atoms with Gasteiger partial charge < -0.3 is 5.32 Å². The minimum Gasteiger partial charge on any atom is -0.384 e. The number of halogens is 4. The lowest BCUT2D eigenvalue weighted by molar-refractivity contribution is -0.140. The van der Waals surface area contributed by atoms with E-state index in [9.17, 15) is 17.6 Å². The average Bonchev–Trinajstić information content (AvgIpc) is 2.45. The number of hydrogen-bond acceptors (Lipinski definition) is 1. The smallest absolute Gasteiger partial charge is 0.384 e. The molecule has 1 aliphatic heterocycles. The predicted molar refractivity (Wildman–Crippen MR) is 72.8 cm³/mol. The van der Waals surface area contributed by atoms with Gasteiger partial charge in [-0.05, 0) is 35.7 Å². The van der Waals surface area contributed by atoms with Crippen LogP contribution in [0.3, 0.4) is 0 Å². The molecule has 0 saturated carbocycles. The van der Waals surface area contributed by atoms with Gasteiger partial charge >= 0.3 is 6.18 Å². The molecule has 0 fully saturated rings. The fraction of sp³-hybridized carbons (Fsp3) is 0.250. The van der Waals surface area contributed by atoms with E-state index in [1.807, 2.05) is 24.3 Å². The van der Waals surface area contributed by atoms with Gasteiger partial charge in [0, 0.05) is 18.2 Å². The molecule has 1 nitrogen and oxygen atoms in total. The molecule has 5 heteroatoms. The molecule has 0 radical (unpaired) electrons. The minimum atomic E-state index is -4.65. The molecule has 0 aromatic heterocycles. The second-order valence-corrected chi connectivity index (χ2v) is 5.18. The second kappa shape index (κ2) is 5.06. The third kappa shape index (κ3) is 2.73. The van der Waals surface area contributed by atoms with Crippen molar-refractivity contribution in [1.29, 1.82) is 0 Å². The molecule has 21 heavy (non-hydrogen) atoms. The highest BCUT2D eigenvalue weighted by molar-refractivity contribution is 5.54. The Morgan fingerprint density at radius 1 is 1.05 bits per heavy atom. The summed E-state index contributed by atoms with van der Waals surface area (Å²) in [6, 6.07) is 11.0. The summed E-state index contributed by atoms with van der Waals surface area (Å²) < 4.78 is 51.4. The van der Waals surface area contributed by atoms with Gasteiger partial charge in [0.1, 0.15) is 5.82 Å². The number of nitrogens with one attached hydrogen (secondary N) is 1. The van der Waals surface area contributed by atoms with Crippen LogP contribution in [-0.4, -0.2) is 6.54 Å². The first kappa shape index (κ1) is 13.9. The van der Waals surface area contributed by atoms with E-state index in [0.717, 1.165) is 23.4 Å². The Labute approximate surface area is 119 Å². The Morgan fingerprint density at radius 2 is 1.81 bits per heavy atom. The van der Waals surface area contributed by atoms with E-state index in [0.29, 0.717) is 18.5 Å². The normalized spacial score (nSPS) is 18.0. The van der Waals surface area contributed by atoms with Crippen molar-refractivity contribution in [2.24, 2.45) is 0 Å². The first-order valence-electron chi connectivity index (χ1n) is 6.63. The number of anilines is 1. The van der Waals surface area contributed by atoms with Crippen molar-refractivity contribution in [2.45, 2.75) is 18.5 Å². The van der Waals surface area contributed by atoms with Crippen molar-refractivity contribution in [3.05, 3.63) is 65.0 Å². The monoisotopic (exact) mass is 295 g/mol. The Morgan fingerprint density at radius 3 is 2.52 bits per heavy atom. The Kier molecular flexibility index (Phi) is 3.35. The zero-order valence-electron chi connectivity index (χ0n) is 11.0. The predicted octanol–water partition coefficient (Wildman–Crippen LogP) is 4.60. The minimum absolute atomic E-state index is 0.0308. The summed E-state index contributed by atoms with van der Waals surface area (Å²) in [5, 5.41) is 3.23. The van der Waals surface area contributed by atoms with Crippen LogP contribution < -0.4 is 5.32 Å². The van der Waals surface area contributed by atoms with Crippen molar-refractivity contribution < 1.29 is 17.6 Å². The maximum absolute atomic E-state index is 13.7. The van der Waals surface area contributed by atoms with Gasteiger partial charge in [0.2, 0.25) is 0 Å². The highest BCUT2D eigenvalue weighted by Gasteiger charge is 2.34. The summed E-state index contributed by atoms with van der Waals surface area (Å²) in [7, 11) is 0. The molecule has 2 aromatic rings. The van der Waals surface area contributed by atoms with Gasteiger partial charge in [-0.3, -0.25) is 0 Å². The molecule has 0 amide bonds. The lowest BCUT2D eigenvalue weighted by atomic mass is 9.88. The van der Waals surface area contributed by atoms with Crippen LogP contribution in [0.15, 0.2) is 42.5 Å². The van der Waals surface area contributed by atoms with Crippen molar-refractivity contribution in [2.75, 3.05) is 11.9 Å². The van der Waals surface area contributed by atoms with E-state index in [2.05, 4.69) is 5.32 Å². The number of rotatable bonds is 1. The third-order valence-electron chi connectivity index (χ3n) is 3.79. The largest absolute Gasteiger partial charge is 0.419 e. The summed E-state index contributed by atoms with van der Waals surface area (Å²) in [5.74, 6) is -1.24. The Bertz CT molecular complexity index is 664. The summed E-state index contributed by atoms with van der Waals surface area (Å²) >= 11 is 0. The molecule has 1 heterocycles. The van der Waals surface area contributed by atoms with Crippen LogP contribution in [0.25, 0.3) is 0 Å². The summed E-state index contributed by atoms with van der Waals surface area (Å²) in [6.45, 7) is 0.585. The van der Waals surface area contributed by atoms with Crippen LogP contribution in [-0.2, 0) is 12.6 Å². The molecule has 0 saturated heterocycles. The van der Waals surface area contributed by atoms with Crippen LogP contribution >= 0.6 is 0 Å². The SMILES string of the molecule is Fc1cc(C2CNc3ccccc3C2)ccc1C(F)(F)F. The van der Waals surface area contributed by atoms with Crippen molar-refractivity contribution in [3.8, 4) is 0 Å². The first-order chi connectivity index (χ1) is 9.95. The quantitative estimate of drug-likeness (QED) is 0.758. The van der Waals surface area contributed by atoms with E-state index < -0.39 is 17.6 Å². The van der Waals surface area contributed by atoms with Crippen LogP contribution in [0.1, 0.15) is 22.6 Å². The van der Waals surface area contributed by atoms with Crippen molar-refractivity contribution in [1.82, 2.24) is 0 Å². The number of para-hydroxylation sites is 1. The summed E-state index contributed by atoms with van der Waals surface area (Å²) in [4.78, 5) is 0. The van der Waals surface area contributed by atoms with Crippen LogP contribution in [0.2, 0.25) is 0 Å². The fourth-order valence-corrected chi connectivity index (χ4v) is 2.69. The van der Waals surface area contributed by atoms with E-state index in [4.69, 9.17) is 0 Å². The van der Waals surface area contributed by atoms with Gasteiger partial charge in [-0.25, -0.2) is 4.39 Å². The van der Waals surface area contributed by atoms with E-state index in [1.165, 1.54) is 6.07 Å². The summed E-state index contributed by atoms with van der Waals surface area (Å²) in [5.41, 5.74) is 1.49. The molecule has 1 aliphatic rings. The molecule has 2 aromatic carbocycles. The molecule has 0 aliphatic carbocycles. The Hall–Kier alpha value is -2.04. The number of hydrogen-bond donors (Lipinski definition) is 1. The van der Waals surface area contributed by atoms with E-state index >= 15 is 0 Å². The Balaban J connectivity index is 1.88. The molecular formula is C16H13F4N. The van der Waals surface area contributed by atoms with Crippen LogP contribution in [0.4, 0.5) is 23.2 Å². The third-order valence-corrected chi connectivity index (χ3v) is 3.79. The van der Waals surface area contributed by atoms with Gasteiger partial charge in [-0.2, -0.15) is 13.2 Å². The van der Waals surface area contributed by atoms with Gasteiger partial charge in [-0.1, -0.05) is 24.3 Å². The fourth-order valence-electron chi connectivity index (χ4n) is 2.69. The number of alkyl halides is 3. The van der Waals surface area contributed by atoms with Gasteiger partial charge in [0.05, 0.1) is 5.56 Å². The molecule has 0 bridgehead atoms. The summed E-state index contributed by atoms with van der Waals surface area (Å²) in [6.07, 6.45) is -3.96. The van der Waals surface area contributed by atoms with Crippen LogP contribution in [0.5, 0.6) is 0 Å². The number of fused-ring (bicyclic) bond motifs is 1. The maximum atomic E-state index is 13.7.